The van der Waals surface area contributed by atoms with Gasteiger partial charge in [0.15, 0.2) is 5.16 Å². The van der Waals surface area contributed by atoms with Crippen molar-refractivity contribution in [1.29, 1.82) is 0 Å². The Morgan fingerprint density at radius 2 is 2.12 bits per heavy atom. The maximum atomic E-state index is 12.8. The standard InChI is InChI=1S/C11H13F3N2S/c1-17-10-15-6-8(11(12,13)14)9(16-10)5-7-3-2-4-7/h6-7H,2-5H2,1H3. The van der Waals surface area contributed by atoms with Gasteiger partial charge >= 0.3 is 6.18 Å². The Hall–Kier alpha value is -0.780. The number of hydrogen-bond donors (Lipinski definition) is 0. The number of halogens is 3. The summed E-state index contributed by atoms with van der Waals surface area (Å²) in [6, 6.07) is 0. The Morgan fingerprint density at radius 1 is 1.41 bits per heavy atom. The molecule has 1 fully saturated rings. The van der Waals surface area contributed by atoms with E-state index in [4.69, 9.17) is 0 Å². The van der Waals surface area contributed by atoms with Gasteiger partial charge in [0.25, 0.3) is 0 Å². The van der Waals surface area contributed by atoms with Crippen molar-refractivity contribution < 1.29 is 13.2 Å². The van der Waals surface area contributed by atoms with Crippen molar-refractivity contribution in [3.05, 3.63) is 17.5 Å². The second-order valence-corrected chi connectivity index (χ2v) is 4.99. The van der Waals surface area contributed by atoms with Gasteiger partial charge in [0.2, 0.25) is 0 Å². The zero-order valence-corrected chi connectivity index (χ0v) is 10.2. The Balaban J connectivity index is 2.29. The van der Waals surface area contributed by atoms with Crippen LogP contribution in [0.2, 0.25) is 0 Å². The molecule has 6 heteroatoms. The summed E-state index contributed by atoms with van der Waals surface area (Å²) in [7, 11) is 0. The molecule has 0 amide bonds. The first-order valence-electron chi connectivity index (χ1n) is 5.48. The number of nitrogens with zero attached hydrogens (tertiary/aromatic N) is 2. The summed E-state index contributed by atoms with van der Waals surface area (Å²) in [4.78, 5) is 7.72. The molecule has 1 aromatic heterocycles. The summed E-state index contributed by atoms with van der Waals surface area (Å²) < 4.78 is 38.3. The molecule has 0 bridgehead atoms. The minimum Gasteiger partial charge on any atom is -0.230 e. The van der Waals surface area contributed by atoms with Gasteiger partial charge in [0.05, 0.1) is 11.3 Å². The molecule has 2 nitrogen and oxygen atoms in total. The fraction of sp³-hybridized carbons (Fsp3) is 0.636. The molecule has 17 heavy (non-hydrogen) atoms. The molecule has 0 aliphatic heterocycles. The first-order chi connectivity index (χ1) is 8.00. The fourth-order valence-corrected chi connectivity index (χ4v) is 2.22. The normalized spacial score (nSPS) is 16.9. The molecule has 1 aliphatic carbocycles. The highest BCUT2D eigenvalue weighted by Crippen LogP contribution is 2.35. The summed E-state index contributed by atoms with van der Waals surface area (Å²) in [5.41, 5.74) is -0.524. The van der Waals surface area contributed by atoms with Crippen LogP contribution in [0.1, 0.15) is 30.5 Å². The lowest BCUT2D eigenvalue weighted by Gasteiger charge is -2.26. The van der Waals surface area contributed by atoms with Crippen molar-refractivity contribution in [3.63, 3.8) is 0 Å². The van der Waals surface area contributed by atoms with Crippen LogP contribution in [0.25, 0.3) is 0 Å². The molecular formula is C11H13F3N2S. The second kappa shape index (κ2) is 4.84. The Morgan fingerprint density at radius 3 is 2.59 bits per heavy atom. The maximum absolute atomic E-state index is 12.8. The molecule has 0 saturated heterocycles. The molecule has 0 atom stereocenters. The first kappa shape index (κ1) is 12.7. The van der Waals surface area contributed by atoms with Crippen molar-refractivity contribution >= 4 is 11.8 Å². The average molecular weight is 262 g/mol. The lowest BCUT2D eigenvalue weighted by molar-refractivity contribution is -0.139. The zero-order valence-electron chi connectivity index (χ0n) is 9.42. The monoisotopic (exact) mass is 262 g/mol. The summed E-state index contributed by atoms with van der Waals surface area (Å²) >= 11 is 1.27. The zero-order chi connectivity index (χ0) is 12.5. The van der Waals surface area contributed by atoms with Crippen LogP contribution in [-0.4, -0.2) is 16.2 Å². The third-order valence-corrected chi connectivity index (χ3v) is 3.60. The summed E-state index contributed by atoms with van der Waals surface area (Å²) in [5.74, 6) is 0.362. The lowest BCUT2D eigenvalue weighted by Crippen LogP contribution is -2.19. The second-order valence-electron chi connectivity index (χ2n) is 4.22. The van der Waals surface area contributed by atoms with Crippen molar-refractivity contribution in [2.75, 3.05) is 6.26 Å². The van der Waals surface area contributed by atoms with E-state index in [0.29, 0.717) is 17.5 Å². The van der Waals surface area contributed by atoms with E-state index in [9.17, 15) is 13.2 Å². The van der Waals surface area contributed by atoms with Crippen molar-refractivity contribution in [1.82, 2.24) is 9.97 Å². The molecule has 1 aliphatic rings. The lowest BCUT2D eigenvalue weighted by atomic mass is 9.81. The highest BCUT2D eigenvalue weighted by molar-refractivity contribution is 7.98. The summed E-state index contributed by atoms with van der Waals surface area (Å²) in [5, 5.41) is 0.410. The van der Waals surface area contributed by atoms with E-state index in [2.05, 4.69) is 9.97 Å². The minimum absolute atomic E-state index is 0.154. The summed E-state index contributed by atoms with van der Waals surface area (Å²) in [6.07, 6.45) is 1.88. The van der Waals surface area contributed by atoms with Crippen LogP contribution >= 0.6 is 11.8 Å². The molecule has 0 spiro atoms. The number of thioether (sulfide) groups is 1. The topological polar surface area (TPSA) is 25.8 Å². The number of rotatable bonds is 3. The van der Waals surface area contributed by atoms with Crippen molar-refractivity contribution in [3.8, 4) is 0 Å². The molecule has 0 N–H and O–H groups in total. The van der Waals surface area contributed by atoms with Crippen LogP contribution in [0.3, 0.4) is 0 Å². The van der Waals surface area contributed by atoms with Crippen LogP contribution in [0.4, 0.5) is 13.2 Å². The van der Waals surface area contributed by atoms with Gasteiger partial charge in [-0.2, -0.15) is 13.2 Å². The minimum atomic E-state index is -4.35. The van der Waals surface area contributed by atoms with E-state index >= 15 is 0 Å². The van der Waals surface area contributed by atoms with Crippen LogP contribution in [0.5, 0.6) is 0 Å². The van der Waals surface area contributed by atoms with Gasteiger partial charge in [-0.3, -0.25) is 0 Å². The van der Waals surface area contributed by atoms with Crippen molar-refractivity contribution in [2.45, 2.75) is 37.0 Å². The van der Waals surface area contributed by atoms with Gasteiger partial charge in [0, 0.05) is 6.20 Å². The predicted molar refractivity (Wildman–Crippen MR) is 59.9 cm³/mol. The van der Waals surface area contributed by atoms with Gasteiger partial charge in [0.1, 0.15) is 0 Å². The van der Waals surface area contributed by atoms with E-state index in [-0.39, 0.29) is 5.69 Å². The molecule has 1 saturated carbocycles. The van der Waals surface area contributed by atoms with E-state index < -0.39 is 11.7 Å². The highest BCUT2D eigenvalue weighted by atomic mass is 32.2. The molecule has 94 valence electrons. The van der Waals surface area contributed by atoms with Crippen molar-refractivity contribution in [2.24, 2.45) is 5.92 Å². The number of alkyl halides is 3. The quantitative estimate of drug-likeness (QED) is 0.615. The van der Waals surface area contributed by atoms with Crippen LogP contribution in [0, 0.1) is 5.92 Å². The molecule has 1 heterocycles. The van der Waals surface area contributed by atoms with Crippen LogP contribution in [0.15, 0.2) is 11.4 Å². The molecule has 0 radical (unpaired) electrons. The van der Waals surface area contributed by atoms with Gasteiger partial charge < -0.3 is 0 Å². The average Bonchev–Trinajstić information content (AvgIpc) is 2.21. The first-order valence-corrected chi connectivity index (χ1v) is 6.70. The van der Waals surface area contributed by atoms with Gasteiger partial charge in [-0.15, -0.1) is 0 Å². The molecule has 0 unspecified atom stereocenters. The van der Waals surface area contributed by atoms with E-state index in [1.807, 2.05) is 0 Å². The van der Waals surface area contributed by atoms with E-state index in [1.165, 1.54) is 11.8 Å². The van der Waals surface area contributed by atoms with Gasteiger partial charge in [-0.1, -0.05) is 31.0 Å². The van der Waals surface area contributed by atoms with Crippen LogP contribution in [-0.2, 0) is 12.6 Å². The largest absolute Gasteiger partial charge is 0.419 e. The Bertz CT molecular complexity index is 402. The summed E-state index contributed by atoms with van der Waals surface area (Å²) in [6.45, 7) is 0. The number of aromatic nitrogens is 2. The SMILES string of the molecule is CSc1ncc(C(F)(F)F)c(CC2CCC2)n1. The maximum Gasteiger partial charge on any atom is 0.419 e. The van der Waals surface area contributed by atoms with Gasteiger partial charge in [-0.25, -0.2) is 9.97 Å². The third kappa shape index (κ3) is 2.91. The molecule has 1 aromatic rings. The fourth-order valence-electron chi connectivity index (χ4n) is 1.86. The Kier molecular flexibility index (Phi) is 3.61. The van der Waals surface area contributed by atoms with E-state index in [1.54, 1.807) is 6.26 Å². The van der Waals surface area contributed by atoms with E-state index in [0.717, 1.165) is 25.5 Å². The molecule has 0 aromatic carbocycles. The Labute approximate surface area is 102 Å². The molecular weight excluding hydrogens is 249 g/mol. The third-order valence-electron chi connectivity index (χ3n) is 3.04. The number of hydrogen-bond acceptors (Lipinski definition) is 3. The molecule has 2 rings (SSSR count). The van der Waals surface area contributed by atoms with Crippen LogP contribution < -0.4 is 0 Å². The smallest absolute Gasteiger partial charge is 0.230 e. The predicted octanol–water partition coefficient (Wildman–Crippen LogP) is 3.56. The highest BCUT2D eigenvalue weighted by Gasteiger charge is 2.35. The van der Waals surface area contributed by atoms with Gasteiger partial charge in [-0.05, 0) is 18.6 Å².